The van der Waals surface area contributed by atoms with E-state index >= 15 is 0 Å². The zero-order valence-corrected chi connectivity index (χ0v) is 18.8. The maximum Gasteiger partial charge on any atom is 0.425 e. The highest BCUT2D eigenvalue weighted by atomic mass is 32.1. The first-order valence-electron chi connectivity index (χ1n) is 10.8. The standard InChI is InChI=1S/C22H26F3N3O3S/c1-3-15(18-6-7-19(32-18)22(23,24)25)26-20(29)14-11-16(28-9-10-31-12-17(14)28)21(30)27-8-4-5-13(27)2/h6-7,11,13,15H,3-5,8-10,12H2,1-2H3,(H,26,29). The van der Waals surface area contributed by atoms with Gasteiger partial charge in [-0.1, -0.05) is 6.92 Å². The molecule has 1 saturated heterocycles. The van der Waals surface area contributed by atoms with E-state index in [9.17, 15) is 22.8 Å². The van der Waals surface area contributed by atoms with Crippen LogP contribution in [0.5, 0.6) is 0 Å². The van der Waals surface area contributed by atoms with Gasteiger partial charge in [-0.3, -0.25) is 9.59 Å². The van der Waals surface area contributed by atoms with Crippen molar-refractivity contribution in [1.82, 2.24) is 14.8 Å². The van der Waals surface area contributed by atoms with E-state index in [4.69, 9.17) is 4.74 Å². The van der Waals surface area contributed by atoms with Gasteiger partial charge < -0.3 is 19.5 Å². The Labute approximate surface area is 188 Å². The Balaban J connectivity index is 1.60. The lowest BCUT2D eigenvalue weighted by Gasteiger charge is -2.24. The molecule has 4 rings (SSSR count). The molecular formula is C22H26F3N3O3S. The molecule has 0 spiro atoms. The van der Waals surface area contributed by atoms with Crippen LogP contribution in [0.1, 0.15) is 75.4 Å². The first-order chi connectivity index (χ1) is 15.2. The fraction of sp³-hybridized carbons (Fsp3) is 0.545. The fourth-order valence-electron chi connectivity index (χ4n) is 4.38. The molecule has 10 heteroatoms. The van der Waals surface area contributed by atoms with Gasteiger partial charge in [-0.05, 0) is 44.4 Å². The number of fused-ring (bicyclic) bond motifs is 1. The smallest absolute Gasteiger partial charge is 0.373 e. The van der Waals surface area contributed by atoms with Crippen molar-refractivity contribution in [1.29, 1.82) is 0 Å². The number of hydrogen-bond donors (Lipinski definition) is 1. The molecule has 2 aliphatic rings. The van der Waals surface area contributed by atoms with Gasteiger partial charge in [0.2, 0.25) is 0 Å². The highest BCUT2D eigenvalue weighted by molar-refractivity contribution is 7.12. The van der Waals surface area contributed by atoms with Crippen molar-refractivity contribution in [2.75, 3.05) is 13.2 Å². The number of carbonyl (C=O) groups excluding carboxylic acids is 2. The molecular weight excluding hydrogens is 443 g/mol. The molecule has 0 aliphatic carbocycles. The molecule has 0 saturated carbocycles. The minimum Gasteiger partial charge on any atom is -0.373 e. The number of thiophene rings is 1. The number of likely N-dealkylation sites (tertiary alicyclic amines) is 1. The third-order valence-corrected chi connectivity index (χ3v) is 7.39. The molecule has 2 atom stereocenters. The molecule has 1 N–H and O–H groups in total. The minimum atomic E-state index is -4.41. The van der Waals surface area contributed by atoms with Crippen LogP contribution in [0.25, 0.3) is 0 Å². The summed E-state index contributed by atoms with van der Waals surface area (Å²) in [6.07, 6.45) is -2.07. The first kappa shape index (κ1) is 22.8. The van der Waals surface area contributed by atoms with Crippen LogP contribution in [0, 0.1) is 0 Å². The Kier molecular flexibility index (Phi) is 6.35. The summed E-state index contributed by atoms with van der Waals surface area (Å²) in [7, 11) is 0. The number of nitrogens with zero attached hydrogens (tertiary/aromatic N) is 2. The predicted molar refractivity (Wildman–Crippen MR) is 114 cm³/mol. The summed E-state index contributed by atoms with van der Waals surface area (Å²) in [5, 5.41) is 2.86. The molecule has 4 heterocycles. The second-order valence-corrected chi connectivity index (χ2v) is 9.33. The largest absolute Gasteiger partial charge is 0.425 e. The van der Waals surface area contributed by atoms with Crippen LogP contribution in [0.2, 0.25) is 0 Å². The zero-order valence-electron chi connectivity index (χ0n) is 18.0. The molecule has 0 radical (unpaired) electrons. The highest BCUT2D eigenvalue weighted by Gasteiger charge is 2.34. The van der Waals surface area contributed by atoms with Crippen LogP contribution in [-0.4, -0.2) is 40.5 Å². The molecule has 2 aliphatic heterocycles. The van der Waals surface area contributed by atoms with Crippen molar-refractivity contribution < 1.29 is 27.5 Å². The molecule has 0 aromatic carbocycles. The van der Waals surface area contributed by atoms with Crippen molar-refractivity contribution in [3.05, 3.63) is 44.9 Å². The minimum absolute atomic E-state index is 0.0997. The lowest BCUT2D eigenvalue weighted by molar-refractivity contribution is -0.134. The molecule has 174 valence electrons. The molecule has 2 aromatic heterocycles. The van der Waals surface area contributed by atoms with E-state index in [1.165, 1.54) is 6.07 Å². The van der Waals surface area contributed by atoms with Crippen molar-refractivity contribution in [2.45, 2.75) is 64.5 Å². The van der Waals surface area contributed by atoms with Crippen LogP contribution in [0.3, 0.4) is 0 Å². The number of aromatic nitrogens is 1. The van der Waals surface area contributed by atoms with E-state index in [1.54, 1.807) is 13.0 Å². The Morgan fingerprint density at radius 2 is 2.09 bits per heavy atom. The number of ether oxygens (including phenoxy) is 1. The van der Waals surface area contributed by atoms with E-state index < -0.39 is 23.0 Å². The molecule has 2 unspecified atom stereocenters. The van der Waals surface area contributed by atoms with Gasteiger partial charge >= 0.3 is 6.18 Å². The average Bonchev–Trinajstić information content (AvgIpc) is 3.49. The lowest BCUT2D eigenvalue weighted by Crippen LogP contribution is -2.35. The summed E-state index contributed by atoms with van der Waals surface area (Å²) >= 11 is 0.635. The monoisotopic (exact) mass is 469 g/mol. The Hall–Kier alpha value is -2.33. The van der Waals surface area contributed by atoms with Gasteiger partial charge in [-0.15, -0.1) is 11.3 Å². The van der Waals surface area contributed by atoms with Gasteiger partial charge in [0.25, 0.3) is 11.8 Å². The maximum absolute atomic E-state index is 13.2. The van der Waals surface area contributed by atoms with Gasteiger partial charge in [0.1, 0.15) is 10.6 Å². The second-order valence-electron chi connectivity index (χ2n) is 8.22. The number of halogens is 3. The average molecular weight is 470 g/mol. The number of amides is 2. The summed E-state index contributed by atoms with van der Waals surface area (Å²) in [6, 6.07) is 3.65. The topological polar surface area (TPSA) is 63.6 Å². The Bertz CT molecular complexity index is 1010. The second kappa shape index (κ2) is 8.90. The van der Waals surface area contributed by atoms with Crippen LogP contribution in [0.4, 0.5) is 13.2 Å². The zero-order chi connectivity index (χ0) is 23.0. The lowest BCUT2D eigenvalue weighted by atomic mass is 10.1. The molecule has 1 fully saturated rings. The Morgan fingerprint density at radius 3 is 2.72 bits per heavy atom. The van der Waals surface area contributed by atoms with E-state index in [-0.39, 0.29) is 18.6 Å². The summed E-state index contributed by atoms with van der Waals surface area (Å²) in [6.45, 7) is 5.65. The van der Waals surface area contributed by atoms with Gasteiger partial charge in [0.05, 0.1) is 30.5 Å². The molecule has 6 nitrogen and oxygen atoms in total. The quantitative estimate of drug-likeness (QED) is 0.696. The van der Waals surface area contributed by atoms with E-state index in [1.807, 2.05) is 16.4 Å². The highest BCUT2D eigenvalue weighted by Crippen LogP contribution is 2.37. The normalized spacial score (nSPS) is 19.7. The van der Waals surface area contributed by atoms with Crippen molar-refractivity contribution in [3.63, 3.8) is 0 Å². The third-order valence-electron chi connectivity index (χ3n) is 6.15. The maximum atomic E-state index is 13.2. The number of hydrogen-bond acceptors (Lipinski definition) is 4. The SMILES string of the molecule is CCC(NC(=O)c1cc(C(=O)N2CCCC2C)n2c1COCC2)c1ccc(C(F)(F)F)s1. The van der Waals surface area contributed by atoms with Gasteiger partial charge in [-0.2, -0.15) is 13.2 Å². The van der Waals surface area contributed by atoms with Crippen molar-refractivity contribution in [3.8, 4) is 0 Å². The number of nitrogens with one attached hydrogen (secondary N) is 1. The molecule has 2 aromatic rings. The van der Waals surface area contributed by atoms with Gasteiger partial charge in [-0.25, -0.2) is 0 Å². The molecule has 32 heavy (non-hydrogen) atoms. The fourth-order valence-corrected chi connectivity index (χ4v) is 5.39. The summed E-state index contributed by atoms with van der Waals surface area (Å²) in [5.41, 5.74) is 1.43. The van der Waals surface area contributed by atoms with E-state index in [0.717, 1.165) is 18.9 Å². The molecule has 0 bridgehead atoms. The van der Waals surface area contributed by atoms with Crippen LogP contribution in [-0.2, 0) is 24.1 Å². The van der Waals surface area contributed by atoms with E-state index in [2.05, 4.69) is 5.32 Å². The summed E-state index contributed by atoms with van der Waals surface area (Å²) in [4.78, 5) is 27.9. The predicted octanol–water partition coefficient (Wildman–Crippen LogP) is 4.60. The van der Waals surface area contributed by atoms with Crippen LogP contribution < -0.4 is 5.32 Å². The van der Waals surface area contributed by atoms with Gasteiger partial charge in [0, 0.05) is 24.0 Å². The van der Waals surface area contributed by atoms with Crippen molar-refractivity contribution in [2.24, 2.45) is 0 Å². The number of rotatable bonds is 5. The summed E-state index contributed by atoms with van der Waals surface area (Å²) < 4.78 is 46.3. The molecule has 2 amide bonds. The van der Waals surface area contributed by atoms with Crippen LogP contribution >= 0.6 is 11.3 Å². The van der Waals surface area contributed by atoms with Gasteiger partial charge in [0.15, 0.2) is 0 Å². The van der Waals surface area contributed by atoms with Crippen molar-refractivity contribution >= 4 is 23.2 Å². The van der Waals surface area contributed by atoms with Crippen LogP contribution in [0.15, 0.2) is 18.2 Å². The summed E-state index contributed by atoms with van der Waals surface area (Å²) in [5.74, 6) is -0.515. The van der Waals surface area contributed by atoms with E-state index in [0.29, 0.717) is 59.3 Å². The first-order valence-corrected chi connectivity index (χ1v) is 11.6. The third kappa shape index (κ3) is 4.30. The number of alkyl halides is 3. The Morgan fingerprint density at radius 1 is 1.31 bits per heavy atom. The number of carbonyl (C=O) groups is 2.